The van der Waals surface area contributed by atoms with E-state index in [9.17, 15) is 4.79 Å². The van der Waals surface area contributed by atoms with E-state index in [-0.39, 0.29) is 17.2 Å². The number of hydrogen-bond acceptors (Lipinski definition) is 4. The Morgan fingerprint density at radius 3 is 2.24 bits per heavy atom. The lowest BCUT2D eigenvalue weighted by atomic mass is 9.94. The maximum atomic E-state index is 11.1. The van der Waals surface area contributed by atoms with E-state index < -0.39 is 6.09 Å². The minimum absolute atomic E-state index is 0.118. The van der Waals surface area contributed by atoms with Gasteiger partial charge in [-0.05, 0) is 58.4 Å². The summed E-state index contributed by atoms with van der Waals surface area (Å²) < 4.78 is 10.6. The molecule has 1 atom stereocenters. The molecule has 1 aromatic carbocycles. The van der Waals surface area contributed by atoms with Crippen LogP contribution in [0.2, 0.25) is 0 Å². The van der Waals surface area contributed by atoms with Crippen molar-refractivity contribution >= 4 is 17.5 Å². The van der Waals surface area contributed by atoms with Crippen LogP contribution in [0.4, 0.5) is 16.2 Å². The van der Waals surface area contributed by atoms with Gasteiger partial charge in [0, 0.05) is 11.4 Å². The molecule has 0 bridgehead atoms. The Kier molecular flexibility index (Phi) is 4.14. The van der Waals surface area contributed by atoms with Gasteiger partial charge in [-0.25, -0.2) is 4.79 Å². The molecule has 1 aliphatic rings. The molecular formula is C16H24N2O3. The molecule has 1 aromatic rings. The minimum Gasteiger partial charge on any atom is -0.453 e. The van der Waals surface area contributed by atoms with E-state index >= 15 is 0 Å². The highest BCUT2D eigenvalue weighted by atomic mass is 16.5. The Morgan fingerprint density at radius 2 is 1.76 bits per heavy atom. The molecular weight excluding hydrogens is 268 g/mol. The predicted molar refractivity (Wildman–Crippen MR) is 83.7 cm³/mol. The Labute approximate surface area is 126 Å². The van der Waals surface area contributed by atoms with Crippen molar-refractivity contribution in [3.63, 3.8) is 0 Å². The van der Waals surface area contributed by atoms with Gasteiger partial charge in [-0.15, -0.1) is 0 Å². The number of carbonyl (C=O) groups excluding carboxylic acids is 1. The van der Waals surface area contributed by atoms with Crippen molar-refractivity contribution in [3.05, 3.63) is 24.3 Å². The standard InChI is InChI=1S/C16H24N2O3/c1-15(2)10-13(16(3,4)21-15)17-11-6-8-12(9-7-11)18-14(19)20-5/h6-9,13,17H,10H2,1-5H3,(H,18,19). The van der Waals surface area contributed by atoms with Gasteiger partial charge >= 0.3 is 6.09 Å². The number of rotatable bonds is 3. The zero-order valence-corrected chi connectivity index (χ0v) is 13.3. The third-order valence-corrected chi connectivity index (χ3v) is 3.73. The molecule has 0 spiro atoms. The Hall–Kier alpha value is -1.75. The summed E-state index contributed by atoms with van der Waals surface area (Å²) >= 11 is 0. The largest absolute Gasteiger partial charge is 0.453 e. The van der Waals surface area contributed by atoms with Gasteiger partial charge in [0.15, 0.2) is 0 Å². The molecule has 5 heteroatoms. The van der Waals surface area contributed by atoms with Crippen LogP contribution < -0.4 is 10.6 Å². The molecule has 2 N–H and O–H groups in total. The van der Waals surface area contributed by atoms with Crippen molar-refractivity contribution in [2.75, 3.05) is 17.7 Å². The highest BCUT2D eigenvalue weighted by Gasteiger charge is 2.45. The molecule has 2 rings (SSSR count). The molecule has 1 heterocycles. The van der Waals surface area contributed by atoms with Gasteiger partial charge in [0.05, 0.1) is 24.4 Å². The minimum atomic E-state index is -0.470. The van der Waals surface area contributed by atoms with Gasteiger partial charge in [0.2, 0.25) is 0 Å². The Morgan fingerprint density at radius 1 is 1.19 bits per heavy atom. The monoisotopic (exact) mass is 292 g/mol. The zero-order valence-electron chi connectivity index (χ0n) is 13.3. The molecule has 21 heavy (non-hydrogen) atoms. The number of benzene rings is 1. The fraction of sp³-hybridized carbons (Fsp3) is 0.562. The maximum absolute atomic E-state index is 11.1. The van der Waals surface area contributed by atoms with E-state index in [1.807, 2.05) is 24.3 Å². The average molecular weight is 292 g/mol. The van der Waals surface area contributed by atoms with E-state index in [0.717, 1.165) is 12.1 Å². The summed E-state index contributed by atoms with van der Waals surface area (Å²) in [6, 6.07) is 7.80. The van der Waals surface area contributed by atoms with Crippen LogP contribution in [0, 0.1) is 0 Å². The summed E-state index contributed by atoms with van der Waals surface area (Å²) in [4.78, 5) is 11.1. The number of nitrogens with one attached hydrogen (secondary N) is 2. The fourth-order valence-corrected chi connectivity index (χ4v) is 2.81. The van der Waals surface area contributed by atoms with Gasteiger partial charge in [0.1, 0.15) is 0 Å². The number of methoxy groups -OCH3 is 1. The summed E-state index contributed by atoms with van der Waals surface area (Å²) in [5.74, 6) is 0. The molecule has 0 radical (unpaired) electrons. The number of ether oxygens (including phenoxy) is 2. The van der Waals surface area contributed by atoms with E-state index in [1.54, 1.807) is 0 Å². The lowest BCUT2D eigenvalue weighted by Crippen LogP contribution is -2.38. The topological polar surface area (TPSA) is 59.6 Å². The summed E-state index contributed by atoms with van der Waals surface area (Å²) in [7, 11) is 1.34. The number of hydrogen-bond donors (Lipinski definition) is 2. The molecule has 1 fully saturated rings. The maximum Gasteiger partial charge on any atom is 0.411 e. The van der Waals surface area contributed by atoms with Crippen LogP contribution in [0.5, 0.6) is 0 Å². The molecule has 1 aliphatic heterocycles. The highest BCUT2D eigenvalue weighted by molar-refractivity contribution is 5.84. The van der Waals surface area contributed by atoms with Crippen molar-refractivity contribution in [1.29, 1.82) is 0 Å². The van der Waals surface area contributed by atoms with Gasteiger partial charge in [-0.3, -0.25) is 5.32 Å². The van der Waals surface area contributed by atoms with Crippen LogP contribution in [-0.4, -0.2) is 30.4 Å². The Balaban J connectivity index is 2.02. The van der Waals surface area contributed by atoms with Crippen molar-refractivity contribution in [3.8, 4) is 0 Å². The fourth-order valence-electron chi connectivity index (χ4n) is 2.81. The molecule has 1 saturated heterocycles. The normalized spacial score (nSPS) is 22.6. The first-order valence-corrected chi connectivity index (χ1v) is 7.14. The number of anilines is 2. The van der Waals surface area contributed by atoms with Crippen LogP contribution in [0.15, 0.2) is 24.3 Å². The molecule has 0 saturated carbocycles. The van der Waals surface area contributed by atoms with E-state index in [4.69, 9.17) is 4.74 Å². The summed E-state index contributed by atoms with van der Waals surface area (Å²) in [6.45, 7) is 8.43. The third-order valence-electron chi connectivity index (χ3n) is 3.73. The second kappa shape index (κ2) is 5.56. The van der Waals surface area contributed by atoms with Crippen LogP contribution in [0.1, 0.15) is 34.1 Å². The lowest BCUT2D eigenvalue weighted by Gasteiger charge is -2.28. The lowest BCUT2D eigenvalue weighted by molar-refractivity contribution is -0.0662. The highest BCUT2D eigenvalue weighted by Crippen LogP contribution is 2.38. The van der Waals surface area contributed by atoms with Crippen LogP contribution >= 0.6 is 0 Å². The quantitative estimate of drug-likeness (QED) is 0.893. The molecule has 0 aromatic heterocycles. The van der Waals surface area contributed by atoms with Gasteiger partial charge < -0.3 is 14.8 Å². The van der Waals surface area contributed by atoms with E-state index in [0.29, 0.717) is 5.69 Å². The van der Waals surface area contributed by atoms with Gasteiger partial charge in [-0.2, -0.15) is 0 Å². The summed E-state index contributed by atoms with van der Waals surface area (Å²) in [6.07, 6.45) is 0.477. The second-order valence-corrected chi connectivity index (χ2v) is 6.56. The SMILES string of the molecule is COC(=O)Nc1ccc(NC2CC(C)(C)OC2(C)C)cc1. The van der Waals surface area contributed by atoms with E-state index in [2.05, 4.69) is 43.1 Å². The van der Waals surface area contributed by atoms with Crippen molar-refractivity contribution < 1.29 is 14.3 Å². The van der Waals surface area contributed by atoms with Crippen molar-refractivity contribution in [2.45, 2.75) is 51.4 Å². The first kappa shape index (κ1) is 15.6. The summed E-state index contributed by atoms with van der Waals surface area (Å²) in [5, 5.41) is 6.14. The smallest absolute Gasteiger partial charge is 0.411 e. The molecule has 0 aliphatic carbocycles. The average Bonchev–Trinajstić information content (AvgIpc) is 2.59. The molecule has 1 amide bonds. The van der Waals surface area contributed by atoms with Gasteiger partial charge in [-0.1, -0.05) is 0 Å². The Bertz CT molecular complexity index is 509. The second-order valence-electron chi connectivity index (χ2n) is 6.56. The first-order valence-electron chi connectivity index (χ1n) is 7.14. The van der Waals surface area contributed by atoms with Crippen molar-refractivity contribution in [1.82, 2.24) is 0 Å². The molecule has 5 nitrogen and oxygen atoms in total. The van der Waals surface area contributed by atoms with Crippen LogP contribution in [-0.2, 0) is 9.47 Å². The first-order chi connectivity index (χ1) is 9.72. The third kappa shape index (κ3) is 3.88. The zero-order chi connectivity index (χ0) is 15.7. The number of amides is 1. The molecule has 116 valence electrons. The van der Waals surface area contributed by atoms with Crippen LogP contribution in [0.25, 0.3) is 0 Å². The van der Waals surface area contributed by atoms with Gasteiger partial charge in [0.25, 0.3) is 0 Å². The molecule has 1 unspecified atom stereocenters. The number of carbonyl (C=O) groups is 1. The van der Waals surface area contributed by atoms with Crippen LogP contribution in [0.3, 0.4) is 0 Å². The predicted octanol–water partition coefficient (Wildman–Crippen LogP) is 3.62. The van der Waals surface area contributed by atoms with Crippen molar-refractivity contribution in [2.24, 2.45) is 0 Å². The summed E-state index contributed by atoms with van der Waals surface area (Å²) in [5.41, 5.74) is 1.37. The van der Waals surface area contributed by atoms with E-state index in [1.165, 1.54) is 7.11 Å².